The molecule has 4 heteroatoms. The minimum absolute atomic E-state index is 0.0450. The third-order valence-corrected chi connectivity index (χ3v) is 5.77. The van der Waals surface area contributed by atoms with Crippen molar-refractivity contribution >= 4 is 11.8 Å². The number of carbonyl (C=O) groups is 2. The second-order valence-electron chi connectivity index (χ2n) is 7.36. The zero-order valence-corrected chi connectivity index (χ0v) is 12.6. The number of imide groups is 1. The van der Waals surface area contributed by atoms with Gasteiger partial charge in [0.2, 0.25) is 11.8 Å². The first-order valence-corrected chi connectivity index (χ1v) is 8.42. The molecule has 0 unspecified atom stereocenters. The Bertz CT molecular complexity index is 467. The zero-order valence-electron chi connectivity index (χ0n) is 12.6. The quantitative estimate of drug-likeness (QED) is 0.596. The van der Waals surface area contributed by atoms with Crippen LogP contribution in [-0.2, 0) is 9.59 Å². The van der Waals surface area contributed by atoms with Gasteiger partial charge in [0.15, 0.2) is 0 Å². The monoisotopic (exact) mass is 288 g/mol. The fourth-order valence-electron chi connectivity index (χ4n) is 4.54. The largest absolute Gasteiger partial charge is 0.312 e. The summed E-state index contributed by atoms with van der Waals surface area (Å²) in [6.45, 7) is 3.47. The molecule has 0 spiro atoms. The van der Waals surface area contributed by atoms with E-state index >= 15 is 0 Å². The maximum Gasteiger partial charge on any atom is 0.233 e. The van der Waals surface area contributed by atoms with Crippen LogP contribution >= 0.6 is 0 Å². The van der Waals surface area contributed by atoms with E-state index in [-0.39, 0.29) is 23.7 Å². The van der Waals surface area contributed by atoms with Crippen LogP contribution in [-0.4, -0.2) is 35.8 Å². The summed E-state index contributed by atoms with van der Waals surface area (Å²) in [5, 5.41) is 3.46. The predicted octanol–water partition coefficient (Wildman–Crippen LogP) is 1.57. The average molecular weight is 288 g/mol. The van der Waals surface area contributed by atoms with E-state index in [0.29, 0.717) is 24.4 Å². The molecule has 4 aliphatic rings. The van der Waals surface area contributed by atoms with Gasteiger partial charge in [-0.1, -0.05) is 25.0 Å². The van der Waals surface area contributed by atoms with Crippen LogP contribution in [0.5, 0.6) is 0 Å². The molecular formula is C17H24N2O2. The first-order valence-electron chi connectivity index (χ1n) is 8.42. The topological polar surface area (TPSA) is 49.4 Å². The van der Waals surface area contributed by atoms with Crippen molar-refractivity contribution in [3.05, 3.63) is 12.2 Å². The summed E-state index contributed by atoms with van der Waals surface area (Å²) in [6, 6.07) is 0.489. The molecule has 3 fully saturated rings. The number of likely N-dealkylation sites (tertiary alicyclic amines) is 1. The number of hydrogen-bond donors (Lipinski definition) is 1. The average Bonchev–Trinajstić information content (AvgIpc) is 2.95. The van der Waals surface area contributed by atoms with Gasteiger partial charge in [-0.2, -0.15) is 0 Å². The standard InChI is InChI=1S/C17H24N2O2/c1-10(8-11-2-3-11)18-6-7-19-16(20)14-12-4-5-13(9-12)15(14)17(19)21/h4-5,10-15,18H,2-3,6-9H2,1H3/t10-,12+,13+,14+,15+/m1/s1. The Labute approximate surface area is 125 Å². The van der Waals surface area contributed by atoms with Gasteiger partial charge in [0, 0.05) is 19.1 Å². The van der Waals surface area contributed by atoms with Crippen LogP contribution in [0.2, 0.25) is 0 Å². The molecule has 2 amide bonds. The second-order valence-corrected chi connectivity index (χ2v) is 7.36. The number of nitrogens with zero attached hydrogens (tertiary/aromatic N) is 1. The number of hydrogen-bond acceptors (Lipinski definition) is 3. The maximum absolute atomic E-state index is 12.5. The minimum atomic E-state index is -0.0450. The highest BCUT2D eigenvalue weighted by Gasteiger charge is 2.58. The van der Waals surface area contributed by atoms with Crippen molar-refractivity contribution in [3.8, 4) is 0 Å². The van der Waals surface area contributed by atoms with Gasteiger partial charge in [-0.3, -0.25) is 14.5 Å². The van der Waals surface area contributed by atoms with E-state index in [0.717, 1.165) is 18.9 Å². The van der Waals surface area contributed by atoms with E-state index in [2.05, 4.69) is 24.4 Å². The van der Waals surface area contributed by atoms with Crippen LogP contribution in [0.15, 0.2) is 12.2 Å². The highest BCUT2D eigenvalue weighted by atomic mass is 16.2. The molecule has 3 aliphatic carbocycles. The first kappa shape index (κ1) is 13.5. The lowest BCUT2D eigenvalue weighted by Gasteiger charge is -2.19. The number of amides is 2. The lowest BCUT2D eigenvalue weighted by atomic mass is 9.85. The third kappa shape index (κ3) is 2.24. The van der Waals surface area contributed by atoms with E-state index in [1.807, 2.05) is 0 Å². The summed E-state index contributed by atoms with van der Waals surface area (Å²) in [6.07, 6.45) is 9.27. The Morgan fingerprint density at radius 3 is 2.38 bits per heavy atom. The van der Waals surface area contributed by atoms with Crippen molar-refractivity contribution in [2.75, 3.05) is 13.1 Å². The summed E-state index contributed by atoms with van der Waals surface area (Å²) in [5.41, 5.74) is 0. The number of fused-ring (bicyclic) bond motifs is 5. The highest BCUT2D eigenvalue weighted by molar-refractivity contribution is 6.06. The summed E-state index contributed by atoms with van der Waals surface area (Å²) in [4.78, 5) is 26.5. The van der Waals surface area contributed by atoms with Crippen molar-refractivity contribution in [2.24, 2.45) is 29.6 Å². The van der Waals surface area contributed by atoms with Gasteiger partial charge in [0.05, 0.1) is 11.8 Å². The molecule has 0 radical (unpaired) electrons. The summed E-state index contributed by atoms with van der Waals surface area (Å²) in [7, 11) is 0. The maximum atomic E-state index is 12.5. The molecule has 1 aliphatic heterocycles. The van der Waals surface area contributed by atoms with Gasteiger partial charge in [-0.05, 0) is 37.5 Å². The Kier molecular flexibility index (Phi) is 3.18. The summed E-state index contributed by atoms with van der Waals surface area (Å²) >= 11 is 0. The van der Waals surface area contributed by atoms with E-state index in [9.17, 15) is 9.59 Å². The van der Waals surface area contributed by atoms with E-state index < -0.39 is 0 Å². The SMILES string of the molecule is C[C@H](CC1CC1)NCCN1C(=O)[C@@H]2[C@@H](C1=O)[C@H]1C=C[C@H]2C1. The molecule has 2 bridgehead atoms. The summed E-state index contributed by atoms with van der Waals surface area (Å²) in [5.74, 6) is 1.62. The van der Waals surface area contributed by atoms with Crippen molar-refractivity contribution < 1.29 is 9.59 Å². The molecule has 1 N–H and O–H groups in total. The second kappa shape index (κ2) is 4.94. The molecule has 4 rings (SSSR count). The smallest absolute Gasteiger partial charge is 0.233 e. The molecule has 21 heavy (non-hydrogen) atoms. The van der Waals surface area contributed by atoms with E-state index in [4.69, 9.17) is 0 Å². The van der Waals surface area contributed by atoms with E-state index in [1.165, 1.54) is 24.2 Å². The fraction of sp³-hybridized carbons (Fsp3) is 0.765. The number of carbonyl (C=O) groups excluding carboxylic acids is 2. The molecule has 114 valence electrons. The Balaban J connectivity index is 1.32. The van der Waals surface area contributed by atoms with Crippen molar-refractivity contribution in [3.63, 3.8) is 0 Å². The van der Waals surface area contributed by atoms with Crippen LogP contribution < -0.4 is 5.32 Å². The first-order chi connectivity index (χ1) is 10.1. The Morgan fingerprint density at radius 2 is 1.81 bits per heavy atom. The van der Waals surface area contributed by atoms with Crippen molar-refractivity contribution in [1.82, 2.24) is 10.2 Å². The van der Waals surface area contributed by atoms with Crippen LogP contribution in [0.4, 0.5) is 0 Å². The molecule has 5 atom stereocenters. The number of rotatable bonds is 6. The molecule has 0 aromatic rings. The zero-order chi connectivity index (χ0) is 14.6. The van der Waals surface area contributed by atoms with Gasteiger partial charge < -0.3 is 5.32 Å². The molecule has 4 nitrogen and oxygen atoms in total. The molecule has 1 saturated heterocycles. The van der Waals surface area contributed by atoms with Gasteiger partial charge in [-0.25, -0.2) is 0 Å². The molecular weight excluding hydrogens is 264 g/mol. The van der Waals surface area contributed by atoms with E-state index in [1.54, 1.807) is 0 Å². The molecule has 0 aromatic carbocycles. The number of nitrogens with one attached hydrogen (secondary N) is 1. The van der Waals surface area contributed by atoms with Gasteiger partial charge >= 0.3 is 0 Å². The lowest BCUT2D eigenvalue weighted by Crippen LogP contribution is -2.40. The highest BCUT2D eigenvalue weighted by Crippen LogP contribution is 2.52. The molecule has 1 heterocycles. The Morgan fingerprint density at radius 1 is 1.19 bits per heavy atom. The van der Waals surface area contributed by atoms with Crippen molar-refractivity contribution in [1.29, 1.82) is 0 Å². The van der Waals surface area contributed by atoms with Crippen molar-refractivity contribution in [2.45, 2.75) is 38.6 Å². The van der Waals surface area contributed by atoms with Gasteiger partial charge in [0.1, 0.15) is 0 Å². The normalized spacial score (nSPS) is 38.4. The predicted molar refractivity (Wildman–Crippen MR) is 79.2 cm³/mol. The third-order valence-electron chi connectivity index (χ3n) is 5.77. The minimum Gasteiger partial charge on any atom is -0.312 e. The fourth-order valence-corrected chi connectivity index (χ4v) is 4.54. The van der Waals surface area contributed by atoms with Crippen LogP contribution in [0, 0.1) is 29.6 Å². The van der Waals surface area contributed by atoms with Crippen LogP contribution in [0.3, 0.4) is 0 Å². The number of allylic oxidation sites excluding steroid dienone is 2. The Hall–Kier alpha value is -1.16. The molecule has 2 saturated carbocycles. The van der Waals surface area contributed by atoms with Gasteiger partial charge in [0.25, 0.3) is 0 Å². The van der Waals surface area contributed by atoms with Crippen LogP contribution in [0.1, 0.15) is 32.6 Å². The van der Waals surface area contributed by atoms with Crippen LogP contribution in [0.25, 0.3) is 0 Å². The lowest BCUT2D eigenvalue weighted by molar-refractivity contribution is -0.140. The summed E-state index contributed by atoms with van der Waals surface area (Å²) < 4.78 is 0. The molecule has 0 aromatic heterocycles. The van der Waals surface area contributed by atoms with Gasteiger partial charge in [-0.15, -0.1) is 0 Å².